The number of benzene rings is 1. The summed E-state index contributed by atoms with van der Waals surface area (Å²) in [6, 6.07) is 14.1. The molecule has 0 aliphatic rings. The average molecular weight is 409 g/mol. The molecule has 1 aromatic carbocycles. The Morgan fingerprint density at radius 3 is 2.76 bits per heavy atom. The van der Waals surface area contributed by atoms with E-state index in [-0.39, 0.29) is 29.4 Å². The predicted molar refractivity (Wildman–Crippen MR) is 112 cm³/mol. The lowest BCUT2D eigenvalue weighted by molar-refractivity contribution is -0.655. The van der Waals surface area contributed by atoms with Crippen LogP contribution in [0, 0.1) is 0 Å². The number of pyridine rings is 2. The van der Waals surface area contributed by atoms with Crippen LogP contribution in [-0.2, 0) is 13.1 Å². The summed E-state index contributed by atoms with van der Waals surface area (Å²) in [5.41, 5.74) is 8.00. The summed E-state index contributed by atoms with van der Waals surface area (Å²) in [4.78, 5) is 30.4. The minimum absolute atomic E-state index is 0.223. The molecule has 0 bridgehead atoms. The van der Waals surface area contributed by atoms with Crippen molar-refractivity contribution < 1.29 is 9.36 Å². The Labute approximate surface area is 171 Å². The number of aryl methyl sites for hydroxylation is 1. The van der Waals surface area contributed by atoms with E-state index in [9.17, 15) is 9.59 Å². The molecule has 29 heavy (non-hydrogen) atoms. The molecule has 0 spiro atoms. The van der Waals surface area contributed by atoms with Crippen molar-refractivity contribution in [1.82, 2.24) is 14.7 Å². The highest BCUT2D eigenvalue weighted by molar-refractivity contribution is 6.31. The molecule has 7 nitrogen and oxygen atoms in total. The van der Waals surface area contributed by atoms with E-state index in [4.69, 9.17) is 17.3 Å². The summed E-state index contributed by atoms with van der Waals surface area (Å²) in [5.74, 6) is -0.132. The minimum Gasteiger partial charge on any atom is -0.348 e. The summed E-state index contributed by atoms with van der Waals surface area (Å²) in [6.07, 6.45) is 1.65. The first-order chi connectivity index (χ1) is 14.0. The molecule has 3 heterocycles. The van der Waals surface area contributed by atoms with Gasteiger partial charge in [-0.1, -0.05) is 40.9 Å². The third-order valence-electron chi connectivity index (χ3n) is 4.82. The fourth-order valence-corrected chi connectivity index (χ4v) is 3.52. The monoisotopic (exact) mass is 408 g/mol. The lowest BCUT2D eigenvalue weighted by Crippen LogP contribution is -2.42. The number of fused-ring (bicyclic) bond motifs is 2. The van der Waals surface area contributed by atoms with Gasteiger partial charge in [0.25, 0.3) is 17.1 Å². The second-order valence-corrected chi connectivity index (χ2v) is 6.95. The number of hydrogen-bond donors (Lipinski definition) is 2. The molecular formula is C21H19ClN5O2+. The van der Waals surface area contributed by atoms with E-state index in [1.807, 2.05) is 31.2 Å². The maximum atomic E-state index is 13.0. The van der Waals surface area contributed by atoms with Crippen LogP contribution >= 0.6 is 11.6 Å². The van der Waals surface area contributed by atoms with Crippen molar-refractivity contribution in [3.05, 3.63) is 81.2 Å². The van der Waals surface area contributed by atoms with Crippen LogP contribution in [0.3, 0.4) is 0 Å². The smallest absolute Gasteiger partial charge is 0.278 e. The molecule has 4 rings (SSSR count). The largest absolute Gasteiger partial charge is 0.348 e. The second kappa shape index (κ2) is 7.52. The van der Waals surface area contributed by atoms with Crippen molar-refractivity contribution in [3.8, 4) is 0 Å². The highest BCUT2D eigenvalue weighted by Crippen LogP contribution is 2.17. The molecule has 8 heteroatoms. The number of amides is 1. The van der Waals surface area contributed by atoms with Crippen molar-refractivity contribution in [2.24, 2.45) is 0 Å². The molecule has 0 saturated carbocycles. The zero-order valence-electron chi connectivity index (χ0n) is 15.7. The fraction of sp³-hybridized carbons (Fsp3) is 0.143. The number of halogens is 1. The summed E-state index contributed by atoms with van der Waals surface area (Å²) in [6.45, 7) is 2.59. The van der Waals surface area contributed by atoms with Crippen molar-refractivity contribution in [2.45, 2.75) is 20.0 Å². The van der Waals surface area contributed by atoms with Crippen LogP contribution in [-0.4, -0.2) is 15.3 Å². The van der Waals surface area contributed by atoms with E-state index in [1.165, 1.54) is 10.5 Å². The zero-order chi connectivity index (χ0) is 20.5. The number of anilines is 1. The van der Waals surface area contributed by atoms with Crippen LogP contribution in [0.1, 0.15) is 22.8 Å². The molecule has 0 saturated heterocycles. The molecule has 3 aromatic heterocycles. The third-order valence-corrected chi connectivity index (χ3v) is 5.19. The molecular weight excluding hydrogens is 390 g/mol. The van der Waals surface area contributed by atoms with Gasteiger partial charge in [-0.25, -0.2) is 4.57 Å². The summed E-state index contributed by atoms with van der Waals surface area (Å²) in [5, 5.41) is 3.72. The van der Waals surface area contributed by atoms with Crippen LogP contribution in [0.25, 0.3) is 16.7 Å². The first kappa shape index (κ1) is 18.9. The fourth-order valence-electron chi connectivity index (χ4n) is 3.32. The Balaban J connectivity index is 1.82. The van der Waals surface area contributed by atoms with Gasteiger partial charge in [0, 0.05) is 17.8 Å². The standard InChI is InChI=1S/C21H18ClN5O2/c1-2-26-18(23)14(20(28)24-12-13-7-3-4-8-16(13)22)11-15-19(26)25-17-9-5-6-10-27(17)21(15)29/h3-11,23H,2,12H2,1H3,(H,24,28)/p+1. The van der Waals surface area contributed by atoms with Crippen molar-refractivity contribution >= 4 is 40.0 Å². The number of nitrogen functional groups attached to an aromatic ring is 1. The second-order valence-electron chi connectivity index (χ2n) is 6.54. The van der Waals surface area contributed by atoms with E-state index in [1.54, 1.807) is 29.0 Å². The highest BCUT2D eigenvalue weighted by Gasteiger charge is 2.23. The minimum atomic E-state index is -0.385. The Kier molecular flexibility index (Phi) is 4.90. The Morgan fingerprint density at radius 2 is 2.00 bits per heavy atom. The van der Waals surface area contributed by atoms with Gasteiger partial charge in [-0.2, -0.15) is 0 Å². The summed E-state index contributed by atoms with van der Waals surface area (Å²) in [7, 11) is 0. The van der Waals surface area contributed by atoms with Gasteiger partial charge in [0.2, 0.25) is 11.5 Å². The first-order valence-electron chi connectivity index (χ1n) is 9.16. The van der Waals surface area contributed by atoms with Crippen molar-refractivity contribution in [1.29, 1.82) is 0 Å². The Hall–Kier alpha value is -3.45. The molecule has 0 unspecified atom stereocenters. The highest BCUT2D eigenvalue weighted by atomic mass is 35.5. The molecule has 0 radical (unpaired) electrons. The van der Waals surface area contributed by atoms with Crippen LogP contribution in [0.15, 0.2) is 59.5 Å². The molecule has 0 aliphatic carbocycles. The van der Waals surface area contributed by atoms with Crippen LogP contribution < -0.4 is 21.2 Å². The molecule has 3 N–H and O–H groups in total. The van der Waals surface area contributed by atoms with Gasteiger partial charge in [0.05, 0.1) is 6.54 Å². The van der Waals surface area contributed by atoms with Gasteiger partial charge in [-0.3, -0.25) is 14.0 Å². The third kappa shape index (κ3) is 3.30. The van der Waals surface area contributed by atoms with Gasteiger partial charge >= 0.3 is 0 Å². The van der Waals surface area contributed by atoms with Gasteiger partial charge in [0.15, 0.2) is 0 Å². The zero-order valence-corrected chi connectivity index (χ0v) is 16.5. The molecule has 0 fully saturated rings. The normalized spacial score (nSPS) is 11.1. The maximum Gasteiger partial charge on any atom is 0.278 e. The maximum absolute atomic E-state index is 13.0. The number of rotatable bonds is 4. The van der Waals surface area contributed by atoms with Crippen LogP contribution in [0.5, 0.6) is 0 Å². The molecule has 1 amide bonds. The average Bonchev–Trinajstić information content (AvgIpc) is 2.73. The van der Waals surface area contributed by atoms with Crippen molar-refractivity contribution in [3.63, 3.8) is 0 Å². The lowest BCUT2D eigenvalue weighted by atomic mass is 10.1. The van der Waals surface area contributed by atoms with Gasteiger partial charge in [-0.05, 0) is 36.8 Å². The Morgan fingerprint density at radius 1 is 1.24 bits per heavy atom. The summed E-state index contributed by atoms with van der Waals surface area (Å²) < 4.78 is 3.12. The van der Waals surface area contributed by atoms with E-state index in [0.29, 0.717) is 28.2 Å². The van der Waals surface area contributed by atoms with Crippen LogP contribution in [0.4, 0.5) is 5.82 Å². The number of nitrogens with zero attached hydrogens (tertiary/aromatic N) is 3. The SMILES string of the molecule is CC[n+]1c(N)c(C(=O)NCc2ccccc2Cl)cc2c(=O)n3ccccc3nc21. The molecule has 0 atom stereocenters. The Bertz CT molecular complexity index is 1320. The van der Waals surface area contributed by atoms with Crippen LogP contribution in [0.2, 0.25) is 5.02 Å². The quantitative estimate of drug-likeness (QED) is 0.400. The van der Waals surface area contributed by atoms with Gasteiger partial charge < -0.3 is 11.1 Å². The van der Waals surface area contributed by atoms with E-state index in [0.717, 1.165) is 5.56 Å². The number of nitrogens with two attached hydrogens (primary N) is 1. The molecule has 4 aromatic rings. The van der Waals surface area contributed by atoms with Crippen molar-refractivity contribution in [2.75, 3.05) is 5.73 Å². The number of hydrogen-bond acceptors (Lipinski definition) is 4. The van der Waals surface area contributed by atoms with E-state index < -0.39 is 0 Å². The predicted octanol–water partition coefficient (Wildman–Crippen LogP) is 2.32. The number of nitrogens with one attached hydrogen (secondary N) is 1. The van der Waals surface area contributed by atoms with E-state index >= 15 is 0 Å². The number of carbonyl (C=O) groups is 1. The first-order valence-corrected chi connectivity index (χ1v) is 9.54. The van der Waals surface area contributed by atoms with Gasteiger partial charge in [-0.15, -0.1) is 0 Å². The number of aromatic nitrogens is 3. The lowest BCUT2D eigenvalue weighted by Gasteiger charge is -2.11. The number of carbonyl (C=O) groups excluding carboxylic acids is 1. The molecule has 146 valence electrons. The summed E-state index contributed by atoms with van der Waals surface area (Å²) >= 11 is 6.15. The van der Waals surface area contributed by atoms with Gasteiger partial charge in [0.1, 0.15) is 10.9 Å². The topological polar surface area (TPSA) is 93.4 Å². The van der Waals surface area contributed by atoms with E-state index in [2.05, 4.69) is 10.3 Å². The molecule has 0 aliphatic heterocycles.